The second-order valence-corrected chi connectivity index (χ2v) is 8.46. The Balaban J connectivity index is 2.22. The van der Waals surface area contributed by atoms with E-state index in [1.54, 1.807) is 25.2 Å². The highest BCUT2D eigenvalue weighted by atomic mass is 32.1. The molecule has 0 N–H and O–H groups in total. The number of hydrogen-bond acceptors (Lipinski definition) is 2. The Labute approximate surface area is 171 Å². The van der Waals surface area contributed by atoms with E-state index in [4.69, 9.17) is 5.26 Å². The number of nitriles is 1. The first-order valence-corrected chi connectivity index (χ1v) is 9.63. The number of allylic oxidation sites excluding steroid dienone is 2. The fraction of sp³-hybridized carbons (Fsp3) is 0.286. The minimum absolute atomic E-state index is 0.0293. The van der Waals surface area contributed by atoms with E-state index in [-0.39, 0.29) is 26.4 Å². The number of fused-ring (bicyclic) bond motifs is 1. The van der Waals surface area contributed by atoms with Crippen LogP contribution in [0.4, 0.5) is 26.3 Å². The fourth-order valence-corrected chi connectivity index (χ4v) is 4.86. The molecule has 0 radical (unpaired) electrons. The van der Waals surface area contributed by atoms with E-state index in [0.29, 0.717) is 5.52 Å². The van der Waals surface area contributed by atoms with Gasteiger partial charge in [0.05, 0.1) is 0 Å². The predicted molar refractivity (Wildman–Crippen MR) is 103 cm³/mol. The zero-order chi connectivity index (χ0) is 22.2. The Morgan fingerprint density at radius 1 is 0.967 bits per heavy atom. The first-order chi connectivity index (χ1) is 13.9. The molecule has 0 amide bonds. The molecule has 4 rings (SSSR count). The van der Waals surface area contributed by atoms with Crippen LogP contribution >= 0.6 is 11.3 Å². The molecule has 156 valence electrons. The monoisotopic (exact) mass is 440 g/mol. The summed E-state index contributed by atoms with van der Waals surface area (Å²) >= 11 is 0.789. The van der Waals surface area contributed by atoms with Gasteiger partial charge in [0, 0.05) is 45.2 Å². The van der Waals surface area contributed by atoms with Crippen molar-refractivity contribution in [3.63, 3.8) is 0 Å². The van der Waals surface area contributed by atoms with Gasteiger partial charge in [0.1, 0.15) is 10.9 Å². The van der Waals surface area contributed by atoms with Gasteiger partial charge in [0.2, 0.25) is 0 Å². The van der Waals surface area contributed by atoms with Gasteiger partial charge in [-0.3, -0.25) is 0 Å². The van der Waals surface area contributed by atoms with Crippen molar-refractivity contribution in [2.75, 3.05) is 0 Å². The first kappa shape index (κ1) is 20.5. The van der Waals surface area contributed by atoms with Gasteiger partial charge in [-0.15, -0.1) is 11.3 Å². The zero-order valence-corrected chi connectivity index (χ0v) is 16.8. The number of rotatable bonds is 2. The van der Waals surface area contributed by atoms with E-state index in [1.165, 1.54) is 30.5 Å². The lowest BCUT2D eigenvalue weighted by atomic mass is 9.93. The van der Waals surface area contributed by atoms with Crippen molar-refractivity contribution in [1.82, 2.24) is 4.57 Å². The molecule has 0 aliphatic heterocycles. The van der Waals surface area contributed by atoms with Gasteiger partial charge in [0.15, 0.2) is 0 Å². The Morgan fingerprint density at radius 2 is 1.57 bits per heavy atom. The number of nitrogens with zero attached hydrogens (tertiary/aromatic N) is 2. The standard InChI is InChI=1S/C21H14F6N2S/c1-10-16(13-6-4-5-7-15(13)29(10)3)18-17(14-8-12(9-28)30-11(14)2)19(22,23)21(26,27)20(18,24)25/h4-8H,1-3H3. The van der Waals surface area contributed by atoms with Crippen LogP contribution in [-0.4, -0.2) is 22.3 Å². The molecule has 0 saturated heterocycles. The molecule has 0 spiro atoms. The van der Waals surface area contributed by atoms with E-state index >= 15 is 8.78 Å². The number of thiophene rings is 1. The maximum absolute atomic E-state index is 15.1. The molecule has 0 unspecified atom stereocenters. The van der Waals surface area contributed by atoms with Gasteiger partial charge in [-0.2, -0.15) is 31.6 Å². The number of para-hydroxylation sites is 1. The average Bonchev–Trinajstić information content (AvgIpc) is 3.20. The number of hydrogen-bond donors (Lipinski definition) is 0. The smallest absolute Gasteiger partial charge is 0.347 e. The van der Waals surface area contributed by atoms with Crippen LogP contribution in [0, 0.1) is 25.2 Å². The number of aromatic nitrogens is 1. The summed E-state index contributed by atoms with van der Waals surface area (Å²) in [6.07, 6.45) is 0. The van der Waals surface area contributed by atoms with E-state index in [0.717, 1.165) is 17.4 Å². The van der Waals surface area contributed by atoms with Crippen molar-refractivity contribution in [2.45, 2.75) is 31.6 Å². The van der Waals surface area contributed by atoms with Crippen LogP contribution in [0.5, 0.6) is 0 Å². The fourth-order valence-electron chi connectivity index (χ4n) is 4.03. The molecule has 1 aromatic carbocycles. The van der Waals surface area contributed by atoms with Crippen molar-refractivity contribution in [3.05, 3.63) is 56.9 Å². The Kier molecular flexibility index (Phi) is 4.20. The number of aryl methyl sites for hydroxylation is 2. The third-order valence-corrected chi connectivity index (χ3v) is 6.57. The summed E-state index contributed by atoms with van der Waals surface area (Å²) in [5, 5.41) is 9.26. The van der Waals surface area contributed by atoms with Crippen molar-refractivity contribution in [2.24, 2.45) is 7.05 Å². The van der Waals surface area contributed by atoms with Crippen LogP contribution in [0.15, 0.2) is 30.3 Å². The lowest BCUT2D eigenvalue weighted by Crippen LogP contribution is -2.48. The van der Waals surface area contributed by atoms with Crippen molar-refractivity contribution in [3.8, 4) is 6.07 Å². The largest absolute Gasteiger partial charge is 0.380 e. The summed E-state index contributed by atoms with van der Waals surface area (Å²) in [4.78, 5) is 0.0587. The molecule has 9 heteroatoms. The molecule has 2 aromatic heterocycles. The second kappa shape index (κ2) is 6.14. The molecular formula is C21H14F6N2S. The highest BCUT2D eigenvalue weighted by Crippen LogP contribution is 2.66. The van der Waals surface area contributed by atoms with Crippen LogP contribution in [0.3, 0.4) is 0 Å². The topological polar surface area (TPSA) is 28.7 Å². The summed E-state index contributed by atoms with van der Waals surface area (Å²) in [6.45, 7) is 2.76. The molecule has 3 aromatic rings. The van der Waals surface area contributed by atoms with Crippen molar-refractivity contribution >= 4 is 33.4 Å². The van der Waals surface area contributed by atoms with E-state index < -0.39 is 34.5 Å². The second-order valence-electron chi connectivity index (χ2n) is 7.20. The predicted octanol–water partition coefficient (Wildman–Crippen LogP) is 6.56. The molecule has 2 heterocycles. The Morgan fingerprint density at radius 3 is 2.17 bits per heavy atom. The van der Waals surface area contributed by atoms with Crippen molar-refractivity contribution < 1.29 is 26.3 Å². The van der Waals surface area contributed by atoms with Gasteiger partial charge < -0.3 is 4.57 Å². The highest BCUT2D eigenvalue weighted by Gasteiger charge is 2.80. The summed E-state index contributed by atoms with van der Waals surface area (Å²) in [6, 6.07) is 8.92. The van der Waals surface area contributed by atoms with E-state index in [2.05, 4.69) is 0 Å². The Bertz CT molecular complexity index is 1270. The highest BCUT2D eigenvalue weighted by molar-refractivity contribution is 7.12. The average molecular weight is 440 g/mol. The third-order valence-electron chi connectivity index (χ3n) is 5.61. The van der Waals surface area contributed by atoms with Gasteiger partial charge in [-0.25, -0.2) is 0 Å². The van der Waals surface area contributed by atoms with Gasteiger partial charge >= 0.3 is 17.8 Å². The zero-order valence-electron chi connectivity index (χ0n) is 16.0. The maximum atomic E-state index is 15.1. The minimum Gasteiger partial charge on any atom is -0.347 e. The van der Waals surface area contributed by atoms with Crippen LogP contribution < -0.4 is 0 Å². The molecule has 30 heavy (non-hydrogen) atoms. The molecule has 1 aliphatic carbocycles. The summed E-state index contributed by atoms with van der Waals surface area (Å²) in [5.74, 6) is -15.9. The number of halogens is 6. The molecular weight excluding hydrogens is 426 g/mol. The van der Waals surface area contributed by atoms with Crippen LogP contribution in [0.1, 0.15) is 26.6 Å². The van der Waals surface area contributed by atoms with Gasteiger partial charge in [-0.05, 0) is 31.5 Å². The molecule has 0 atom stereocenters. The maximum Gasteiger partial charge on any atom is 0.380 e. The quantitative estimate of drug-likeness (QED) is 0.415. The summed E-state index contributed by atoms with van der Waals surface area (Å²) < 4.78 is 90.6. The number of benzene rings is 1. The van der Waals surface area contributed by atoms with E-state index in [1.807, 2.05) is 0 Å². The van der Waals surface area contributed by atoms with Crippen LogP contribution in [-0.2, 0) is 7.05 Å². The van der Waals surface area contributed by atoms with Gasteiger partial charge in [-0.1, -0.05) is 18.2 Å². The lowest BCUT2D eigenvalue weighted by molar-refractivity contribution is -0.254. The normalized spacial score (nSPS) is 19.5. The molecule has 0 saturated carbocycles. The molecule has 0 fully saturated rings. The lowest BCUT2D eigenvalue weighted by Gasteiger charge is -2.25. The molecule has 2 nitrogen and oxygen atoms in total. The van der Waals surface area contributed by atoms with Crippen molar-refractivity contribution in [1.29, 1.82) is 5.26 Å². The van der Waals surface area contributed by atoms with Crippen LogP contribution in [0.2, 0.25) is 0 Å². The summed E-state index contributed by atoms with van der Waals surface area (Å²) in [7, 11) is 1.55. The SMILES string of the molecule is Cc1sc(C#N)cc1C1=C(c2c(C)n(C)c3ccccc23)C(F)(F)C(F)(F)C1(F)F. The Hall–Kier alpha value is -2.73. The summed E-state index contributed by atoms with van der Waals surface area (Å²) in [5.41, 5.74) is -3.00. The first-order valence-electron chi connectivity index (χ1n) is 8.81. The molecule has 0 bridgehead atoms. The van der Waals surface area contributed by atoms with Crippen LogP contribution in [0.25, 0.3) is 22.0 Å². The van der Waals surface area contributed by atoms with E-state index in [9.17, 15) is 17.6 Å². The third kappa shape index (κ3) is 2.31. The molecule has 1 aliphatic rings. The number of alkyl halides is 6. The minimum atomic E-state index is -5.63. The van der Waals surface area contributed by atoms with Gasteiger partial charge in [0.25, 0.3) is 0 Å².